The van der Waals surface area contributed by atoms with Crippen molar-refractivity contribution in [2.75, 3.05) is 13.1 Å². The number of amides is 1. The second kappa shape index (κ2) is 4.92. The van der Waals surface area contributed by atoms with E-state index in [9.17, 15) is 4.79 Å². The smallest absolute Gasteiger partial charge is 0.255 e. The normalized spacial score (nSPS) is 15.9. The van der Waals surface area contributed by atoms with Crippen molar-refractivity contribution in [3.8, 4) is 0 Å². The van der Waals surface area contributed by atoms with Crippen molar-refractivity contribution in [3.63, 3.8) is 0 Å². The zero-order valence-corrected chi connectivity index (χ0v) is 9.35. The molecule has 1 aromatic rings. The van der Waals surface area contributed by atoms with Crippen molar-refractivity contribution >= 4 is 11.5 Å². The number of piperidine rings is 1. The first-order valence-corrected chi connectivity index (χ1v) is 5.68. The van der Waals surface area contributed by atoms with Gasteiger partial charge in [-0.15, -0.1) is 0 Å². The summed E-state index contributed by atoms with van der Waals surface area (Å²) in [6, 6.07) is 5.53. The van der Waals surface area contributed by atoms with Gasteiger partial charge in [0, 0.05) is 19.3 Å². The van der Waals surface area contributed by atoms with E-state index >= 15 is 0 Å². The molecule has 1 aliphatic rings. The van der Waals surface area contributed by atoms with Crippen LogP contribution in [0.15, 0.2) is 31.0 Å². The lowest BCUT2D eigenvalue weighted by molar-refractivity contribution is -0.125. The molecule has 0 atom stereocenters. The van der Waals surface area contributed by atoms with Crippen molar-refractivity contribution in [3.05, 3.63) is 36.7 Å². The van der Waals surface area contributed by atoms with E-state index in [2.05, 4.69) is 11.6 Å². The molecule has 3 heteroatoms. The Labute approximate surface area is 95.8 Å². The van der Waals surface area contributed by atoms with Crippen LogP contribution in [0.1, 0.15) is 25.0 Å². The molecule has 0 saturated carbocycles. The minimum absolute atomic E-state index is 0.0263. The SMILES string of the molecule is C=C(C(=O)N1CCCCC1)c1ccccn1. The summed E-state index contributed by atoms with van der Waals surface area (Å²) in [6.45, 7) is 5.55. The molecular weight excluding hydrogens is 200 g/mol. The molecule has 0 aromatic carbocycles. The molecule has 2 rings (SSSR count). The van der Waals surface area contributed by atoms with Crippen LogP contribution in [-0.4, -0.2) is 28.9 Å². The van der Waals surface area contributed by atoms with Gasteiger partial charge in [0.05, 0.1) is 11.3 Å². The molecule has 16 heavy (non-hydrogen) atoms. The van der Waals surface area contributed by atoms with Gasteiger partial charge in [-0.1, -0.05) is 12.6 Å². The maximum Gasteiger partial charge on any atom is 0.255 e. The van der Waals surface area contributed by atoms with E-state index in [0.29, 0.717) is 11.3 Å². The molecule has 2 heterocycles. The summed E-state index contributed by atoms with van der Waals surface area (Å²) in [7, 11) is 0. The first-order chi connectivity index (χ1) is 7.79. The number of rotatable bonds is 2. The number of nitrogens with zero attached hydrogens (tertiary/aromatic N) is 2. The molecule has 0 bridgehead atoms. The van der Waals surface area contributed by atoms with Crippen molar-refractivity contribution < 1.29 is 4.79 Å². The standard InChI is InChI=1S/C13H16N2O/c1-11(12-7-3-4-8-14-12)13(16)15-9-5-2-6-10-15/h3-4,7-8H,1-2,5-6,9-10H2. The predicted molar refractivity (Wildman–Crippen MR) is 63.7 cm³/mol. The third-order valence-electron chi connectivity index (χ3n) is 2.88. The lowest BCUT2D eigenvalue weighted by atomic mass is 10.1. The highest BCUT2D eigenvalue weighted by Crippen LogP contribution is 2.16. The van der Waals surface area contributed by atoms with E-state index in [-0.39, 0.29) is 5.91 Å². The largest absolute Gasteiger partial charge is 0.339 e. The summed E-state index contributed by atoms with van der Waals surface area (Å²) in [6.07, 6.45) is 5.10. The van der Waals surface area contributed by atoms with Crippen LogP contribution < -0.4 is 0 Å². The Bertz CT molecular complexity index is 380. The van der Waals surface area contributed by atoms with Gasteiger partial charge in [-0.25, -0.2) is 0 Å². The number of likely N-dealkylation sites (tertiary alicyclic amines) is 1. The van der Waals surface area contributed by atoms with E-state index in [0.717, 1.165) is 25.9 Å². The van der Waals surface area contributed by atoms with Gasteiger partial charge in [-0.2, -0.15) is 0 Å². The fourth-order valence-electron chi connectivity index (χ4n) is 1.94. The second-order valence-electron chi connectivity index (χ2n) is 4.05. The van der Waals surface area contributed by atoms with E-state index in [1.807, 2.05) is 23.1 Å². The Balaban J connectivity index is 2.07. The molecule has 84 valence electrons. The van der Waals surface area contributed by atoms with Crippen LogP contribution in [0.25, 0.3) is 5.57 Å². The lowest BCUT2D eigenvalue weighted by Gasteiger charge is -2.27. The third kappa shape index (κ3) is 2.30. The quantitative estimate of drug-likeness (QED) is 0.709. The Morgan fingerprint density at radius 1 is 1.25 bits per heavy atom. The molecule has 0 spiro atoms. The first-order valence-electron chi connectivity index (χ1n) is 5.68. The number of aromatic nitrogens is 1. The maximum absolute atomic E-state index is 12.1. The molecule has 1 aromatic heterocycles. The summed E-state index contributed by atoms with van der Waals surface area (Å²) in [5.41, 5.74) is 1.18. The molecule has 1 amide bonds. The molecule has 3 nitrogen and oxygen atoms in total. The Morgan fingerprint density at radius 3 is 2.62 bits per heavy atom. The van der Waals surface area contributed by atoms with E-state index < -0.39 is 0 Å². The van der Waals surface area contributed by atoms with Crippen LogP contribution in [0.5, 0.6) is 0 Å². The Hall–Kier alpha value is -1.64. The topological polar surface area (TPSA) is 33.2 Å². The van der Waals surface area contributed by atoms with Crippen LogP contribution in [0.3, 0.4) is 0 Å². The number of carbonyl (C=O) groups excluding carboxylic acids is 1. The molecular formula is C13H16N2O. The fourth-order valence-corrected chi connectivity index (χ4v) is 1.94. The highest BCUT2D eigenvalue weighted by Gasteiger charge is 2.20. The number of hydrogen-bond acceptors (Lipinski definition) is 2. The van der Waals surface area contributed by atoms with Crippen LogP contribution in [0, 0.1) is 0 Å². The highest BCUT2D eigenvalue weighted by atomic mass is 16.2. The Morgan fingerprint density at radius 2 is 2.00 bits per heavy atom. The number of hydrogen-bond donors (Lipinski definition) is 0. The fraction of sp³-hybridized carbons (Fsp3) is 0.385. The van der Waals surface area contributed by atoms with Gasteiger partial charge in [0.2, 0.25) is 0 Å². The molecule has 1 fully saturated rings. The zero-order valence-electron chi connectivity index (χ0n) is 9.35. The van der Waals surface area contributed by atoms with E-state index in [4.69, 9.17) is 0 Å². The van der Waals surface area contributed by atoms with Crippen molar-refractivity contribution in [1.82, 2.24) is 9.88 Å². The molecule has 1 aliphatic heterocycles. The highest BCUT2D eigenvalue weighted by molar-refractivity contribution is 6.18. The van der Waals surface area contributed by atoms with Gasteiger partial charge in [0.1, 0.15) is 0 Å². The van der Waals surface area contributed by atoms with Gasteiger partial charge >= 0.3 is 0 Å². The molecule has 0 aliphatic carbocycles. The van der Waals surface area contributed by atoms with Crippen molar-refractivity contribution in [2.24, 2.45) is 0 Å². The van der Waals surface area contributed by atoms with Gasteiger partial charge in [0.15, 0.2) is 0 Å². The Kier molecular flexibility index (Phi) is 3.34. The van der Waals surface area contributed by atoms with Crippen LogP contribution in [0.2, 0.25) is 0 Å². The maximum atomic E-state index is 12.1. The molecule has 0 radical (unpaired) electrons. The molecule has 0 unspecified atom stereocenters. The zero-order chi connectivity index (χ0) is 11.4. The molecule has 1 saturated heterocycles. The van der Waals surface area contributed by atoms with Gasteiger partial charge in [-0.05, 0) is 31.4 Å². The summed E-state index contributed by atoms with van der Waals surface area (Å²) in [5, 5.41) is 0. The second-order valence-corrected chi connectivity index (χ2v) is 4.05. The third-order valence-corrected chi connectivity index (χ3v) is 2.88. The van der Waals surface area contributed by atoms with Gasteiger partial charge in [0.25, 0.3) is 5.91 Å². The summed E-state index contributed by atoms with van der Waals surface area (Å²) in [5.74, 6) is 0.0263. The van der Waals surface area contributed by atoms with Crippen LogP contribution in [0.4, 0.5) is 0 Å². The minimum atomic E-state index is 0.0263. The van der Waals surface area contributed by atoms with Crippen molar-refractivity contribution in [1.29, 1.82) is 0 Å². The van der Waals surface area contributed by atoms with Crippen molar-refractivity contribution in [2.45, 2.75) is 19.3 Å². The number of pyridine rings is 1. The van der Waals surface area contributed by atoms with Gasteiger partial charge < -0.3 is 4.90 Å². The first kappa shape index (κ1) is 10.9. The van der Waals surface area contributed by atoms with Crippen LogP contribution >= 0.6 is 0 Å². The monoisotopic (exact) mass is 216 g/mol. The average molecular weight is 216 g/mol. The minimum Gasteiger partial charge on any atom is -0.339 e. The number of carbonyl (C=O) groups is 1. The van der Waals surface area contributed by atoms with E-state index in [1.54, 1.807) is 6.20 Å². The van der Waals surface area contributed by atoms with Crippen LogP contribution in [-0.2, 0) is 4.79 Å². The molecule has 0 N–H and O–H groups in total. The predicted octanol–water partition coefficient (Wildman–Crippen LogP) is 2.11. The van der Waals surface area contributed by atoms with Gasteiger partial charge in [-0.3, -0.25) is 9.78 Å². The van der Waals surface area contributed by atoms with E-state index in [1.165, 1.54) is 6.42 Å². The average Bonchev–Trinajstić information content (AvgIpc) is 2.39. The summed E-state index contributed by atoms with van der Waals surface area (Å²) in [4.78, 5) is 18.1. The lowest BCUT2D eigenvalue weighted by Crippen LogP contribution is -2.36. The summed E-state index contributed by atoms with van der Waals surface area (Å²) >= 11 is 0. The summed E-state index contributed by atoms with van der Waals surface area (Å²) < 4.78 is 0.